The van der Waals surface area contributed by atoms with Gasteiger partial charge in [0, 0.05) is 30.5 Å². The van der Waals surface area contributed by atoms with Crippen LogP contribution in [0.3, 0.4) is 0 Å². The van der Waals surface area contributed by atoms with Gasteiger partial charge in [-0.2, -0.15) is 5.26 Å². The number of hydrogen-bond donors (Lipinski definition) is 2. The molecule has 0 saturated heterocycles. The number of nitrogens with one attached hydrogen (secondary N) is 2. The second-order valence-electron chi connectivity index (χ2n) is 5.21. The maximum atomic E-state index is 13.3. The van der Waals surface area contributed by atoms with Crippen LogP contribution in [0, 0.1) is 17.1 Å². The summed E-state index contributed by atoms with van der Waals surface area (Å²) in [6.07, 6.45) is 0. The van der Waals surface area contributed by atoms with Gasteiger partial charge in [0.25, 0.3) is 5.91 Å². The number of carbonyl (C=O) groups excluding carboxylic acids is 2. The smallest absolute Gasteiger partial charge is 0.321 e. The minimum Gasteiger partial charge on any atom is -0.338 e. The first-order chi connectivity index (χ1) is 12.0. The molecule has 0 radical (unpaired) electrons. The van der Waals surface area contributed by atoms with E-state index in [1.54, 1.807) is 37.4 Å². The molecule has 0 atom stereocenters. The van der Waals surface area contributed by atoms with Crippen LogP contribution < -0.4 is 15.5 Å². The highest BCUT2D eigenvalue weighted by Gasteiger charge is 2.12. The van der Waals surface area contributed by atoms with E-state index in [4.69, 9.17) is 5.26 Å². The molecule has 2 aromatic rings. The number of rotatable bonds is 4. The highest BCUT2D eigenvalue weighted by atomic mass is 19.1. The summed E-state index contributed by atoms with van der Waals surface area (Å²) in [5, 5.41) is 14.2. The fourth-order valence-electron chi connectivity index (χ4n) is 2.13. The molecule has 0 heterocycles. The van der Waals surface area contributed by atoms with Crippen LogP contribution in [0.1, 0.15) is 22.8 Å². The monoisotopic (exact) mass is 340 g/mol. The molecule has 0 spiro atoms. The van der Waals surface area contributed by atoms with Crippen LogP contribution in [-0.2, 0) is 0 Å². The summed E-state index contributed by atoms with van der Waals surface area (Å²) in [6, 6.07) is 11.7. The number of amides is 3. The first-order valence-electron chi connectivity index (χ1n) is 7.59. The van der Waals surface area contributed by atoms with E-state index >= 15 is 0 Å². The molecular weight excluding hydrogens is 323 g/mol. The van der Waals surface area contributed by atoms with Gasteiger partial charge in [-0.25, -0.2) is 9.18 Å². The van der Waals surface area contributed by atoms with Crippen LogP contribution in [0.4, 0.5) is 20.6 Å². The highest BCUT2D eigenvalue weighted by molar-refractivity contribution is 6.05. The first kappa shape index (κ1) is 17.9. The highest BCUT2D eigenvalue weighted by Crippen LogP contribution is 2.19. The van der Waals surface area contributed by atoms with Gasteiger partial charge in [0.1, 0.15) is 11.9 Å². The number of nitriles is 1. The van der Waals surface area contributed by atoms with Crippen molar-refractivity contribution in [2.24, 2.45) is 0 Å². The van der Waals surface area contributed by atoms with Gasteiger partial charge in [0.15, 0.2) is 0 Å². The Morgan fingerprint density at radius 3 is 2.68 bits per heavy atom. The number of nitrogens with zero attached hydrogens (tertiary/aromatic N) is 2. The minimum atomic E-state index is -0.676. The Labute approximate surface area is 144 Å². The van der Waals surface area contributed by atoms with E-state index in [0.29, 0.717) is 17.9 Å². The van der Waals surface area contributed by atoms with Crippen LogP contribution >= 0.6 is 0 Å². The van der Waals surface area contributed by atoms with Crippen molar-refractivity contribution in [1.29, 1.82) is 5.26 Å². The van der Waals surface area contributed by atoms with Gasteiger partial charge in [-0.15, -0.1) is 0 Å². The van der Waals surface area contributed by atoms with Gasteiger partial charge in [0.05, 0.1) is 5.56 Å². The molecule has 0 fully saturated rings. The summed E-state index contributed by atoms with van der Waals surface area (Å²) in [6.45, 7) is 2.33. The van der Waals surface area contributed by atoms with Gasteiger partial charge in [-0.3, -0.25) is 9.69 Å². The molecule has 128 valence electrons. The molecule has 2 rings (SSSR count). The molecule has 0 aliphatic rings. The third-order valence-electron chi connectivity index (χ3n) is 3.47. The average Bonchev–Trinajstić information content (AvgIpc) is 2.61. The number of halogens is 1. The Morgan fingerprint density at radius 1 is 1.24 bits per heavy atom. The fraction of sp³-hybridized carbons (Fsp3) is 0.167. The second kappa shape index (κ2) is 7.93. The van der Waals surface area contributed by atoms with Crippen molar-refractivity contribution in [3.05, 3.63) is 59.4 Å². The summed E-state index contributed by atoms with van der Waals surface area (Å²) in [5.74, 6) is -1.15. The predicted molar refractivity (Wildman–Crippen MR) is 93.0 cm³/mol. The maximum absolute atomic E-state index is 13.3. The van der Waals surface area contributed by atoms with E-state index in [-0.39, 0.29) is 17.2 Å². The Bertz CT molecular complexity index is 845. The maximum Gasteiger partial charge on any atom is 0.321 e. The molecule has 25 heavy (non-hydrogen) atoms. The zero-order valence-electron chi connectivity index (χ0n) is 13.8. The number of urea groups is 1. The van der Waals surface area contributed by atoms with Gasteiger partial charge < -0.3 is 10.6 Å². The molecule has 0 saturated carbocycles. The van der Waals surface area contributed by atoms with E-state index in [2.05, 4.69) is 10.6 Å². The molecule has 0 aliphatic heterocycles. The minimum absolute atomic E-state index is 0.167. The van der Waals surface area contributed by atoms with Gasteiger partial charge in [0.2, 0.25) is 0 Å². The zero-order valence-corrected chi connectivity index (χ0v) is 13.8. The van der Waals surface area contributed by atoms with Crippen molar-refractivity contribution in [3.8, 4) is 6.07 Å². The Morgan fingerprint density at radius 2 is 2.00 bits per heavy atom. The normalized spacial score (nSPS) is 9.84. The molecule has 0 aliphatic carbocycles. The van der Waals surface area contributed by atoms with Crippen molar-refractivity contribution in [3.63, 3.8) is 0 Å². The summed E-state index contributed by atoms with van der Waals surface area (Å²) in [4.78, 5) is 25.6. The van der Waals surface area contributed by atoms with Crippen LogP contribution in [0.2, 0.25) is 0 Å². The predicted octanol–water partition coefficient (Wildman–Crippen LogP) is 3.12. The lowest BCUT2D eigenvalue weighted by atomic mass is 10.1. The lowest BCUT2D eigenvalue weighted by Gasteiger charge is -2.18. The molecule has 2 aromatic carbocycles. The van der Waals surface area contributed by atoms with Crippen molar-refractivity contribution in [1.82, 2.24) is 5.32 Å². The SMILES string of the molecule is CCNC(=O)N(C)c1cccc(NC(=O)c2ccc(F)c(C#N)c2)c1. The zero-order chi connectivity index (χ0) is 18.4. The molecule has 7 heteroatoms. The summed E-state index contributed by atoms with van der Waals surface area (Å²) in [7, 11) is 1.62. The Kier molecular flexibility index (Phi) is 5.69. The Balaban J connectivity index is 2.18. The van der Waals surface area contributed by atoms with E-state index in [9.17, 15) is 14.0 Å². The number of carbonyl (C=O) groups is 2. The summed E-state index contributed by atoms with van der Waals surface area (Å²) < 4.78 is 13.3. The van der Waals surface area contributed by atoms with Crippen LogP contribution in [0.15, 0.2) is 42.5 Å². The quantitative estimate of drug-likeness (QED) is 0.897. The molecule has 6 nitrogen and oxygen atoms in total. The average molecular weight is 340 g/mol. The van der Waals surface area contributed by atoms with Crippen molar-refractivity contribution in [2.45, 2.75) is 6.92 Å². The van der Waals surface area contributed by atoms with Crippen LogP contribution in [0.25, 0.3) is 0 Å². The first-order valence-corrected chi connectivity index (χ1v) is 7.59. The molecular formula is C18H17FN4O2. The number of benzene rings is 2. The lowest BCUT2D eigenvalue weighted by Crippen LogP contribution is -2.37. The third-order valence-corrected chi connectivity index (χ3v) is 3.47. The lowest BCUT2D eigenvalue weighted by molar-refractivity contribution is 0.102. The van der Waals surface area contributed by atoms with E-state index < -0.39 is 11.7 Å². The number of anilines is 2. The van der Waals surface area contributed by atoms with E-state index in [1.165, 1.54) is 17.0 Å². The van der Waals surface area contributed by atoms with Crippen LogP contribution in [-0.4, -0.2) is 25.5 Å². The summed E-state index contributed by atoms with van der Waals surface area (Å²) >= 11 is 0. The second-order valence-corrected chi connectivity index (χ2v) is 5.21. The van der Waals surface area contributed by atoms with Crippen molar-refractivity contribution >= 4 is 23.3 Å². The van der Waals surface area contributed by atoms with Crippen LogP contribution in [0.5, 0.6) is 0 Å². The van der Waals surface area contributed by atoms with Crippen molar-refractivity contribution < 1.29 is 14.0 Å². The van der Waals surface area contributed by atoms with Gasteiger partial charge >= 0.3 is 6.03 Å². The summed E-state index contributed by atoms with van der Waals surface area (Å²) in [5.41, 5.74) is 1.04. The molecule has 0 aromatic heterocycles. The Hall–Kier alpha value is -3.40. The van der Waals surface area contributed by atoms with E-state index in [1.807, 2.05) is 6.92 Å². The van der Waals surface area contributed by atoms with Gasteiger partial charge in [-0.05, 0) is 43.3 Å². The molecule has 3 amide bonds. The molecule has 0 bridgehead atoms. The standard InChI is InChI=1S/C18H17FN4O2/c1-3-21-18(25)23(2)15-6-4-5-14(10-15)22-17(24)12-7-8-16(19)13(9-12)11-20/h4-10H,3H2,1-2H3,(H,21,25)(H,22,24). The van der Waals surface area contributed by atoms with E-state index in [0.717, 1.165) is 6.07 Å². The molecule has 0 unspecified atom stereocenters. The molecule has 2 N–H and O–H groups in total. The van der Waals surface area contributed by atoms with Gasteiger partial charge in [-0.1, -0.05) is 6.07 Å². The third kappa shape index (κ3) is 4.32. The topological polar surface area (TPSA) is 85.2 Å². The number of hydrogen-bond acceptors (Lipinski definition) is 3. The van der Waals surface area contributed by atoms with Crippen molar-refractivity contribution in [2.75, 3.05) is 23.8 Å². The fourth-order valence-corrected chi connectivity index (χ4v) is 2.13. The largest absolute Gasteiger partial charge is 0.338 e.